The van der Waals surface area contributed by atoms with Crippen molar-refractivity contribution in [3.05, 3.63) is 40.2 Å². The molecule has 1 aliphatic rings. The number of hydrogen-bond acceptors (Lipinski definition) is 2. The van der Waals surface area contributed by atoms with E-state index >= 15 is 0 Å². The molecule has 2 rings (SSSR count). The highest BCUT2D eigenvalue weighted by Crippen LogP contribution is 2.29. The zero-order chi connectivity index (χ0) is 12.6. The van der Waals surface area contributed by atoms with Gasteiger partial charge in [0.25, 0.3) is 5.91 Å². The number of allylic oxidation sites excluding steroid dienone is 1. The molecule has 0 aliphatic carbocycles. The third-order valence-electron chi connectivity index (χ3n) is 2.65. The molecule has 1 aromatic carbocycles. The predicted molar refractivity (Wildman–Crippen MR) is 61.8 cm³/mol. The quantitative estimate of drug-likeness (QED) is 0.617. The smallest absolute Gasteiger partial charge is 0.254 e. The summed E-state index contributed by atoms with van der Waals surface area (Å²) in [4.78, 5) is 22.6. The molecule has 0 radical (unpaired) electrons. The minimum absolute atomic E-state index is 0.0401. The van der Waals surface area contributed by atoms with Gasteiger partial charge in [-0.3, -0.25) is 14.9 Å². The number of halogens is 2. The van der Waals surface area contributed by atoms with E-state index < -0.39 is 11.7 Å². The summed E-state index contributed by atoms with van der Waals surface area (Å²) < 4.78 is 12.9. The molecule has 0 saturated carbocycles. The van der Waals surface area contributed by atoms with Gasteiger partial charge in [-0.15, -0.1) is 0 Å². The van der Waals surface area contributed by atoms with Crippen LogP contribution >= 0.6 is 11.6 Å². The topological polar surface area (TPSA) is 46.2 Å². The summed E-state index contributed by atoms with van der Waals surface area (Å²) in [5.41, 5.74) is 1.54. The standard InChI is InChI=1S/C12H9ClFNO2/c1-6(9-5-11(16)15-12(9)17)8-3-2-7(14)4-10(8)13/h2-4H,5H2,1H3,(H,15,16,17). The number of rotatable bonds is 1. The van der Waals surface area contributed by atoms with Gasteiger partial charge in [-0.1, -0.05) is 17.7 Å². The summed E-state index contributed by atoms with van der Waals surface area (Å²) >= 11 is 5.90. The molecule has 1 heterocycles. The summed E-state index contributed by atoms with van der Waals surface area (Å²) in [6.45, 7) is 1.69. The zero-order valence-electron chi connectivity index (χ0n) is 9.01. The minimum atomic E-state index is -0.441. The number of hydrogen-bond donors (Lipinski definition) is 1. The lowest BCUT2D eigenvalue weighted by atomic mass is 10.0. The lowest BCUT2D eigenvalue weighted by molar-refractivity contribution is -0.124. The Kier molecular flexibility index (Phi) is 2.98. The molecule has 0 unspecified atom stereocenters. The zero-order valence-corrected chi connectivity index (χ0v) is 9.77. The number of imide groups is 1. The van der Waals surface area contributed by atoms with E-state index in [-0.39, 0.29) is 17.4 Å². The highest BCUT2D eigenvalue weighted by molar-refractivity contribution is 6.32. The van der Waals surface area contributed by atoms with Crippen molar-refractivity contribution in [3.63, 3.8) is 0 Å². The molecule has 1 saturated heterocycles. The van der Waals surface area contributed by atoms with Crippen LogP contribution in [0.3, 0.4) is 0 Å². The van der Waals surface area contributed by atoms with Crippen molar-refractivity contribution in [1.82, 2.24) is 5.32 Å². The van der Waals surface area contributed by atoms with Crippen molar-refractivity contribution in [2.75, 3.05) is 0 Å². The third kappa shape index (κ3) is 2.22. The third-order valence-corrected chi connectivity index (χ3v) is 2.96. The van der Waals surface area contributed by atoms with E-state index in [9.17, 15) is 14.0 Å². The van der Waals surface area contributed by atoms with Crippen LogP contribution in [-0.4, -0.2) is 11.8 Å². The van der Waals surface area contributed by atoms with Crippen molar-refractivity contribution in [1.29, 1.82) is 0 Å². The number of carbonyl (C=O) groups is 2. The fraction of sp³-hybridized carbons (Fsp3) is 0.167. The van der Waals surface area contributed by atoms with E-state index in [0.29, 0.717) is 16.7 Å². The van der Waals surface area contributed by atoms with Crippen LogP contribution in [0.25, 0.3) is 5.57 Å². The van der Waals surface area contributed by atoms with Crippen LogP contribution in [0.4, 0.5) is 4.39 Å². The van der Waals surface area contributed by atoms with Gasteiger partial charge in [0.2, 0.25) is 5.91 Å². The Morgan fingerprint density at radius 1 is 1.41 bits per heavy atom. The normalized spacial score (nSPS) is 18.3. The summed E-state index contributed by atoms with van der Waals surface area (Å²) in [5, 5.41) is 2.42. The second-order valence-electron chi connectivity index (χ2n) is 3.78. The maximum atomic E-state index is 12.9. The first-order valence-corrected chi connectivity index (χ1v) is 5.36. The first-order valence-electron chi connectivity index (χ1n) is 4.98. The van der Waals surface area contributed by atoms with E-state index in [2.05, 4.69) is 5.32 Å². The molecule has 0 spiro atoms. The van der Waals surface area contributed by atoms with Crippen LogP contribution < -0.4 is 5.32 Å². The van der Waals surface area contributed by atoms with E-state index in [4.69, 9.17) is 11.6 Å². The molecule has 1 fully saturated rings. The first kappa shape index (κ1) is 11.8. The van der Waals surface area contributed by atoms with Gasteiger partial charge in [0.15, 0.2) is 0 Å². The Hall–Kier alpha value is -1.68. The molecule has 0 aromatic heterocycles. The van der Waals surface area contributed by atoms with Crippen LogP contribution in [0.2, 0.25) is 5.02 Å². The minimum Gasteiger partial charge on any atom is -0.292 e. The summed E-state index contributed by atoms with van der Waals surface area (Å²) in [7, 11) is 0. The van der Waals surface area contributed by atoms with Gasteiger partial charge in [-0.25, -0.2) is 4.39 Å². The molecular formula is C12H9ClFNO2. The summed E-state index contributed by atoms with van der Waals surface area (Å²) in [6.07, 6.45) is 0.0401. The molecule has 17 heavy (non-hydrogen) atoms. The molecule has 1 aliphatic heterocycles. The lowest BCUT2D eigenvalue weighted by Gasteiger charge is -2.06. The van der Waals surface area contributed by atoms with Gasteiger partial charge in [-0.05, 0) is 30.2 Å². The molecule has 1 aromatic rings. The number of amides is 2. The largest absolute Gasteiger partial charge is 0.292 e. The van der Waals surface area contributed by atoms with E-state index in [1.807, 2.05) is 0 Å². The van der Waals surface area contributed by atoms with Crippen LogP contribution in [0.5, 0.6) is 0 Å². The van der Waals surface area contributed by atoms with Crippen molar-refractivity contribution >= 4 is 29.0 Å². The van der Waals surface area contributed by atoms with Gasteiger partial charge < -0.3 is 0 Å². The van der Waals surface area contributed by atoms with E-state index in [1.165, 1.54) is 18.2 Å². The second kappa shape index (κ2) is 4.30. The molecule has 0 bridgehead atoms. The van der Waals surface area contributed by atoms with Gasteiger partial charge >= 0.3 is 0 Å². The Morgan fingerprint density at radius 3 is 2.65 bits per heavy atom. The van der Waals surface area contributed by atoms with Gasteiger partial charge in [-0.2, -0.15) is 0 Å². The van der Waals surface area contributed by atoms with Crippen LogP contribution in [0.1, 0.15) is 18.9 Å². The molecule has 2 amide bonds. The Morgan fingerprint density at radius 2 is 2.12 bits per heavy atom. The van der Waals surface area contributed by atoms with Gasteiger partial charge in [0.05, 0.1) is 11.4 Å². The fourth-order valence-corrected chi connectivity index (χ4v) is 2.06. The van der Waals surface area contributed by atoms with E-state index in [1.54, 1.807) is 6.92 Å². The van der Waals surface area contributed by atoms with Crippen molar-refractivity contribution in [2.45, 2.75) is 13.3 Å². The Labute approximate surface area is 102 Å². The van der Waals surface area contributed by atoms with Crippen molar-refractivity contribution in [2.24, 2.45) is 0 Å². The SMILES string of the molecule is CC(=C1CC(=O)NC1=O)c1ccc(F)cc1Cl. The fourth-order valence-electron chi connectivity index (χ4n) is 1.75. The molecular weight excluding hydrogens is 245 g/mol. The lowest BCUT2D eigenvalue weighted by Crippen LogP contribution is -2.19. The number of carbonyl (C=O) groups excluding carboxylic acids is 2. The molecule has 5 heteroatoms. The van der Waals surface area contributed by atoms with Crippen LogP contribution in [0, 0.1) is 5.82 Å². The average Bonchev–Trinajstić information content (AvgIpc) is 2.57. The maximum Gasteiger partial charge on any atom is 0.254 e. The highest BCUT2D eigenvalue weighted by Gasteiger charge is 2.26. The Bertz CT molecular complexity index is 551. The van der Waals surface area contributed by atoms with Crippen molar-refractivity contribution < 1.29 is 14.0 Å². The maximum absolute atomic E-state index is 12.9. The van der Waals surface area contributed by atoms with E-state index in [0.717, 1.165) is 0 Å². The van der Waals surface area contributed by atoms with Crippen LogP contribution in [-0.2, 0) is 9.59 Å². The first-order chi connectivity index (χ1) is 7.99. The van der Waals surface area contributed by atoms with Crippen molar-refractivity contribution in [3.8, 4) is 0 Å². The molecule has 3 nitrogen and oxygen atoms in total. The molecule has 0 atom stereocenters. The average molecular weight is 254 g/mol. The number of benzene rings is 1. The summed E-state index contributed by atoms with van der Waals surface area (Å²) in [6, 6.07) is 3.94. The van der Waals surface area contributed by atoms with Gasteiger partial charge in [0, 0.05) is 5.57 Å². The summed E-state index contributed by atoms with van der Waals surface area (Å²) in [5.74, 6) is -1.18. The molecule has 1 N–H and O–H groups in total. The Balaban J connectivity index is 2.50. The monoisotopic (exact) mass is 253 g/mol. The predicted octanol–water partition coefficient (Wildman–Crippen LogP) is 2.30. The van der Waals surface area contributed by atoms with Gasteiger partial charge in [0.1, 0.15) is 5.82 Å². The van der Waals surface area contributed by atoms with Crippen LogP contribution in [0.15, 0.2) is 23.8 Å². The number of nitrogens with one attached hydrogen (secondary N) is 1. The highest BCUT2D eigenvalue weighted by atomic mass is 35.5. The molecule has 88 valence electrons. The second-order valence-corrected chi connectivity index (χ2v) is 4.19.